The van der Waals surface area contributed by atoms with Crippen LogP contribution in [0, 0.1) is 5.82 Å². The number of rotatable bonds is 0. The number of nitrogen functional groups attached to an aromatic ring is 1. The summed E-state index contributed by atoms with van der Waals surface area (Å²) in [5.74, 6) is -0.565. The van der Waals surface area contributed by atoms with Gasteiger partial charge in [0.15, 0.2) is 5.82 Å². The van der Waals surface area contributed by atoms with Crippen molar-refractivity contribution in [3.63, 3.8) is 0 Å². The van der Waals surface area contributed by atoms with E-state index in [4.69, 9.17) is 17.3 Å². The summed E-state index contributed by atoms with van der Waals surface area (Å²) in [4.78, 5) is 0.208. The molecule has 0 radical (unpaired) electrons. The number of hydrogen-bond donors (Lipinski definition) is 2. The van der Waals surface area contributed by atoms with Gasteiger partial charge in [-0.2, -0.15) is 0 Å². The van der Waals surface area contributed by atoms with Crippen molar-refractivity contribution in [3.8, 4) is 0 Å². The molecule has 0 aliphatic heterocycles. The molecule has 0 aromatic heterocycles. The third kappa shape index (κ3) is 1.20. The SMILES string of the molecule is Nc1ccc(S)c(F)c1Cl. The van der Waals surface area contributed by atoms with E-state index in [1.807, 2.05) is 0 Å². The lowest BCUT2D eigenvalue weighted by molar-refractivity contribution is 0.604. The number of thiol groups is 1. The highest BCUT2D eigenvalue weighted by Gasteiger charge is 2.05. The van der Waals surface area contributed by atoms with Crippen molar-refractivity contribution in [2.75, 3.05) is 5.73 Å². The minimum absolute atomic E-state index is 0.0625. The molecule has 1 nitrogen and oxygen atoms in total. The van der Waals surface area contributed by atoms with Crippen LogP contribution in [0.1, 0.15) is 0 Å². The summed E-state index contributed by atoms with van der Waals surface area (Å²) >= 11 is 9.23. The highest BCUT2D eigenvalue weighted by Crippen LogP contribution is 2.26. The van der Waals surface area contributed by atoms with Crippen LogP contribution in [0.5, 0.6) is 0 Å². The first-order valence-electron chi connectivity index (χ1n) is 2.55. The molecule has 0 unspecified atom stereocenters. The Morgan fingerprint density at radius 2 is 2.10 bits per heavy atom. The van der Waals surface area contributed by atoms with E-state index < -0.39 is 5.82 Å². The summed E-state index contributed by atoms with van der Waals surface area (Å²) in [6.07, 6.45) is 0. The van der Waals surface area contributed by atoms with Gasteiger partial charge in [0.05, 0.1) is 5.69 Å². The monoisotopic (exact) mass is 177 g/mol. The Morgan fingerprint density at radius 1 is 1.50 bits per heavy atom. The van der Waals surface area contributed by atoms with Crippen LogP contribution in [0.25, 0.3) is 0 Å². The van der Waals surface area contributed by atoms with Gasteiger partial charge >= 0.3 is 0 Å². The Hall–Kier alpha value is -0.410. The molecule has 0 saturated heterocycles. The van der Waals surface area contributed by atoms with Crippen LogP contribution in [0.15, 0.2) is 17.0 Å². The van der Waals surface area contributed by atoms with Crippen molar-refractivity contribution in [3.05, 3.63) is 23.0 Å². The Morgan fingerprint density at radius 3 is 2.60 bits per heavy atom. The summed E-state index contributed by atoms with van der Waals surface area (Å²) < 4.78 is 12.7. The van der Waals surface area contributed by atoms with E-state index in [2.05, 4.69) is 12.6 Å². The van der Waals surface area contributed by atoms with Gasteiger partial charge in [-0.1, -0.05) is 11.6 Å². The van der Waals surface area contributed by atoms with Gasteiger partial charge < -0.3 is 5.73 Å². The number of halogens is 2. The molecule has 1 aromatic rings. The third-order valence-corrected chi connectivity index (χ3v) is 1.82. The summed E-state index contributed by atoms with van der Waals surface area (Å²) in [5, 5.41) is -0.0625. The summed E-state index contributed by atoms with van der Waals surface area (Å²) in [6, 6.07) is 2.97. The van der Waals surface area contributed by atoms with Crippen molar-refractivity contribution < 1.29 is 4.39 Å². The van der Waals surface area contributed by atoms with Crippen molar-refractivity contribution in [2.45, 2.75) is 4.90 Å². The second-order valence-electron chi connectivity index (χ2n) is 1.80. The van der Waals surface area contributed by atoms with Crippen molar-refractivity contribution in [1.82, 2.24) is 0 Å². The maximum absolute atomic E-state index is 12.7. The van der Waals surface area contributed by atoms with E-state index in [0.717, 1.165) is 0 Å². The van der Waals surface area contributed by atoms with Crippen molar-refractivity contribution in [2.24, 2.45) is 0 Å². The smallest absolute Gasteiger partial charge is 0.157 e. The fourth-order valence-electron chi connectivity index (χ4n) is 0.554. The maximum atomic E-state index is 12.7. The number of nitrogens with two attached hydrogens (primary N) is 1. The first-order valence-corrected chi connectivity index (χ1v) is 3.38. The van der Waals surface area contributed by atoms with E-state index in [1.165, 1.54) is 12.1 Å². The van der Waals surface area contributed by atoms with Crippen molar-refractivity contribution >= 4 is 29.9 Å². The van der Waals surface area contributed by atoms with Crippen molar-refractivity contribution in [1.29, 1.82) is 0 Å². The molecule has 0 amide bonds. The molecule has 0 aliphatic rings. The fourth-order valence-corrected chi connectivity index (χ4v) is 0.971. The van der Waals surface area contributed by atoms with Gasteiger partial charge in [-0.25, -0.2) is 4.39 Å². The zero-order valence-electron chi connectivity index (χ0n) is 4.94. The average molecular weight is 178 g/mol. The van der Waals surface area contributed by atoms with Gasteiger partial charge in [0.2, 0.25) is 0 Å². The molecular weight excluding hydrogens is 173 g/mol. The highest BCUT2D eigenvalue weighted by atomic mass is 35.5. The molecule has 1 rings (SSSR count). The quantitative estimate of drug-likeness (QED) is 0.462. The molecule has 0 bridgehead atoms. The van der Waals surface area contributed by atoms with Crippen LogP contribution in [-0.4, -0.2) is 0 Å². The molecule has 54 valence electrons. The van der Waals surface area contributed by atoms with Gasteiger partial charge in [-0.3, -0.25) is 0 Å². The molecule has 10 heavy (non-hydrogen) atoms. The molecule has 0 spiro atoms. The third-order valence-electron chi connectivity index (χ3n) is 1.09. The van der Waals surface area contributed by atoms with Crippen LogP contribution < -0.4 is 5.73 Å². The lowest BCUT2D eigenvalue weighted by atomic mass is 10.3. The van der Waals surface area contributed by atoms with Crippen LogP contribution in [0.4, 0.5) is 10.1 Å². The minimum Gasteiger partial charge on any atom is -0.397 e. The topological polar surface area (TPSA) is 26.0 Å². The zero-order valence-corrected chi connectivity index (χ0v) is 6.59. The van der Waals surface area contributed by atoms with Gasteiger partial charge in [0.25, 0.3) is 0 Å². The number of anilines is 1. The molecule has 4 heteroatoms. The van der Waals surface area contributed by atoms with Crippen LogP contribution >= 0.6 is 24.2 Å². The Bertz CT molecular complexity index is 237. The number of hydrogen-bond acceptors (Lipinski definition) is 2. The zero-order chi connectivity index (χ0) is 7.72. The first kappa shape index (κ1) is 7.69. The average Bonchev–Trinajstić information content (AvgIpc) is 1.93. The van der Waals surface area contributed by atoms with E-state index >= 15 is 0 Å². The van der Waals surface area contributed by atoms with Gasteiger partial charge in [0.1, 0.15) is 5.02 Å². The minimum atomic E-state index is -0.565. The second kappa shape index (κ2) is 2.68. The molecule has 2 N–H and O–H groups in total. The Kier molecular flexibility index (Phi) is 2.06. The molecule has 0 aliphatic carbocycles. The normalized spacial score (nSPS) is 9.90. The lowest BCUT2D eigenvalue weighted by Crippen LogP contribution is -1.89. The highest BCUT2D eigenvalue weighted by molar-refractivity contribution is 7.80. The largest absolute Gasteiger partial charge is 0.397 e. The van der Waals surface area contributed by atoms with Gasteiger partial charge in [-0.15, -0.1) is 12.6 Å². The molecule has 0 heterocycles. The molecule has 0 saturated carbocycles. The standard InChI is InChI=1S/C6H5ClFNS/c7-5-3(9)1-2-4(10)6(5)8/h1-2,10H,9H2. The predicted octanol–water partition coefficient (Wildman–Crippen LogP) is 2.35. The molecule has 1 aromatic carbocycles. The predicted molar refractivity (Wildman–Crippen MR) is 43.1 cm³/mol. The van der Waals surface area contributed by atoms with Gasteiger partial charge in [0, 0.05) is 4.90 Å². The van der Waals surface area contributed by atoms with E-state index in [-0.39, 0.29) is 15.6 Å². The maximum Gasteiger partial charge on any atom is 0.157 e. The summed E-state index contributed by atoms with van der Waals surface area (Å²) in [7, 11) is 0. The summed E-state index contributed by atoms with van der Waals surface area (Å²) in [6.45, 7) is 0. The summed E-state index contributed by atoms with van der Waals surface area (Å²) in [5.41, 5.74) is 5.52. The second-order valence-corrected chi connectivity index (χ2v) is 2.66. The Labute approximate surface area is 68.4 Å². The van der Waals surface area contributed by atoms with Crippen LogP contribution in [-0.2, 0) is 0 Å². The fraction of sp³-hybridized carbons (Fsp3) is 0. The lowest BCUT2D eigenvalue weighted by Gasteiger charge is -1.99. The Balaban J connectivity index is 3.34. The van der Waals surface area contributed by atoms with Gasteiger partial charge in [-0.05, 0) is 12.1 Å². The molecule has 0 atom stereocenters. The number of benzene rings is 1. The molecule has 0 fully saturated rings. The van der Waals surface area contributed by atoms with E-state index in [9.17, 15) is 4.39 Å². The van der Waals surface area contributed by atoms with Crippen LogP contribution in [0.3, 0.4) is 0 Å². The van der Waals surface area contributed by atoms with E-state index in [0.29, 0.717) is 0 Å². The molecular formula is C6H5ClFNS. The first-order chi connectivity index (χ1) is 4.63. The van der Waals surface area contributed by atoms with Crippen LogP contribution in [0.2, 0.25) is 5.02 Å². The van der Waals surface area contributed by atoms with E-state index in [1.54, 1.807) is 0 Å².